The second-order valence-electron chi connectivity index (χ2n) is 7.12. The minimum atomic E-state index is -0.148. The predicted octanol–water partition coefficient (Wildman–Crippen LogP) is 4.11. The van der Waals surface area contributed by atoms with Crippen molar-refractivity contribution in [3.63, 3.8) is 0 Å². The van der Waals surface area contributed by atoms with Crippen molar-refractivity contribution in [3.05, 3.63) is 45.8 Å². The van der Waals surface area contributed by atoms with Gasteiger partial charge in [-0.15, -0.1) is 0 Å². The van der Waals surface area contributed by atoms with Crippen LogP contribution in [0.2, 0.25) is 5.02 Å². The van der Waals surface area contributed by atoms with Gasteiger partial charge in [-0.1, -0.05) is 11.6 Å². The molecule has 152 valence electrons. The average molecular weight is 414 g/mol. The molecule has 0 atom stereocenters. The van der Waals surface area contributed by atoms with Gasteiger partial charge >= 0.3 is 0 Å². The van der Waals surface area contributed by atoms with E-state index in [1.807, 2.05) is 25.1 Å². The minimum absolute atomic E-state index is 0.148. The summed E-state index contributed by atoms with van der Waals surface area (Å²) in [6, 6.07) is 7.53. The molecule has 1 fully saturated rings. The highest BCUT2D eigenvalue weighted by molar-refractivity contribution is 6.32. The Labute approximate surface area is 174 Å². The molecule has 3 aromatic rings. The number of rotatable bonds is 5. The number of aromatic nitrogens is 3. The Bertz CT molecular complexity index is 1090. The van der Waals surface area contributed by atoms with E-state index in [0.717, 1.165) is 42.5 Å². The predicted molar refractivity (Wildman–Crippen MR) is 117 cm³/mol. The number of nitrogens with one attached hydrogen (secondary N) is 1. The van der Waals surface area contributed by atoms with E-state index in [9.17, 15) is 4.79 Å². The fourth-order valence-corrected chi connectivity index (χ4v) is 3.76. The SMILES string of the molecule is CCOc1cc2cc(Nc3nc(N4CCCCC4)ncc3Cl)ccc2n(C)c1=O. The summed E-state index contributed by atoms with van der Waals surface area (Å²) in [6.07, 6.45) is 5.19. The average Bonchev–Trinajstić information content (AvgIpc) is 2.74. The summed E-state index contributed by atoms with van der Waals surface area (Å²) in [5.74, 6) is 1.60. The molecule has 0 saturated carbocycles. The number of hydrogen-bond donors (Lipinski definition) is 1. The fraction of sp³-hybridized carbons (Fsp3) is 0.381. The van der Waals surface area contributed by atoms with Crippen molar-refractivity contribution >= 4 is 40.0 Å². The fourth-order valence-electron chi connectivity index (χ4n) is 3.62. The van der Waals surface area contributed by atoms with Crippen molar-refractivity contribution in [1.29, 1.82) is 0 Å². The Morgan fingerprint density at radius 2 is 2.00 bits per heavy atom. The van der Waals surface area contributed by atoms with Gasteiger partial charge in [0.15, 0.2) is 11.6 Å². The third kappa shape index (κ3) is 4.00. The van der Waals surface area contributed by atoms with Gasteiger partial charge in [-0.05, 0) is 50.5 Å². The monoisotopic (exact) mass is 413 g/mol. The van der Waals surface area contributed by atoms with Gasteiger partial charge in [0.05, 0.1) is 18.3 Å². The molecule has 0 aliphatic carbocycles. The summed E-state index contributed by atoms with van der Waals surface area (Å²) >= 11 is 6.34. The van der Waals surface area contributed by atoms with Crippen LogP contribution in [0.4, 0.5) is 17.5 Å². The molecule has 8 heteroatoms. The number of halogens is 1. The zero-order valence-corrected chi connectivity index (χ0v) is 17.4. The summed E-state index contributed by atoms with van der Waals surface area (Å²) in [7, 11) is 1.74. The van der Waals surface area contributed by atoms with Crippen LogP contribution in [-0.4, -0.2) is 34.2 Å². The van der Waals surface area contributed by atoms with E-state index in [-0.39, 0.29) is 5.56 Å². The number of hydrogen-bond acceptors (Lipinski definition) is 6. The zero-order valence-electron chi connectivity index (χ0n) is 16.6. The molecular weight excluding hydrogens is 390 g/mol. The van der Waals surface area contributed by atoms with E-state index >= 15 is 0 Å². The van der Waals surface area contributed by atoms with Crippen LogP contribution in [0.1, 0.15) is 26.2 Å². The summed E-state index contributed by atoms with van der Waals surface area (Å²) in [5, 5.41) is 4.64. The molecule has 0 radical (unpaired) electrons. The van der Waals surface area contributed by atoms with E-state index in [1.54, 1.807) is 23.9 Å². The Hall–Kier alpha value is -2.80. The van der Waals surface area contributed by atoms with Crippen LogP contribution >= 0.6 is 11.6 Å². The van der Waals surface area contributed by atoms with Gasteiger partial charge in [-0.25, -0.2) is 4.98 Å². The molecule has 1 N–H and O–H groups in total. The van der Waals surface area contributed by atoms with E-state index in [2.05, 4.69) is 20.2 Å². The molecule has 1 aromatic carbocycles. The Morgan fingerprint density at radius 3 is 2.76 bits per heavy atom. The molecule has 0 spiro atoms. The molecule has 29 heavy (non-hydrogen) atoms. The molecule has 1 saturated heterocycles. The van der Waals surface area contributed by atoms with E-state index < -0.39 is 0 Å². The normalized spacial score (nSPS) is 14.2. The zero-order chi connectivity index (χ0) is 20.4. The van der Waals surface area contributed by atoms with Crippen LogP contribution in [0, 0.1) is 0 Å². The third-order valence-corrected chi connectivity index (χ3v) is 5.40. The van der Waals surface area contributed by atoms with Crippen LogP contribution in [0.3, 0.4) is 0 Å². The van der Waals surface area contributed by atoms with E-state index in [1.165, 1.54) is 6.42 Å². The lowest BCUT2D eigenvalue weighted by Gasteiger charge is -2.26. The quantitative estimate of drug-likeness (QED) is 0.678. The number of benzene rings is 1. The second-order valence-corrected chi connectivity index (χ2v) is 7.53. The number of fused-ring (bicyclic) bond motifs is 1. The Kier molecular flexibility index (Phi) is 5.58. The highest BCUT2D eigenvalue weighted by atomic mass is 35.5. The smallest absolute Gasteiger partial charge is 0.293 e. The summed E-state index contributed by atoms with van der Waals surface area (Å²) in [4.78, 5) is 23.6. The Balaban J connectivity index is 1.67. The largest absolute Gasteiger partial charge is 0.488 e. The summed E-state index contributed by atoms with van der Waals surface area (Å²) in [6.45, 7) is 4.23. The lowest BCUT2D eigenvalue weighted by molar-refractivity contribution is 0.334. The maximum atomic E-state index is 12.4. The van der Waals surface area contributed by atoms with Gasteiger partial charge in [0.2, 0.25) is 5.95 Å². The standard InChI is InChI=1S/C21H24ClN5O2/c1-3-29-18-12-14-11-15(7-8-17(14)26(2)20(18)28)24-19-16(22)13-23-21(25-19)27-9-5-4-6-10-27/h7-8,11-13H,3-6,9-10H2,1-2H3,(H,23,24,25). The molecular formula is C21H24ClN5O2. The first-order valence-corrected chi connectivity index (χ1v) is 10.3. The van der Waals surface area contributed by atoms with Gasteiger partial charge in [0.25, 0.3) is 5.56 Å². The molecule has 0 amide bonds. The van der Waals surface area contributed by atoms with E-state index in [4.69, 9.17) is 16.3 Å². The van der Waals surface area contributed by atoms with Gasteiger partial charge in [-0.2, -0.15) is 4.98 Å². The maximum Gasteiger partial charge on any atom is 0.293 e. The van der Waals surface area contributed by atoms with Crippen LogP contribution in [0.15, 0.2) is 35.3 Å². The summed E-state index contributed by atoms with van der Waals surface area (Å²) < 4.78 is 7.08. The van der Waals surface area contributed by atoms with Crippen LogP contribution in [0.5, 0.6) is 5.75 Å². The number of ether oxygens (including phenoxy) is 1. The molecule has 2 aromatic heterocycles. The van der Waals surface area contributed by atoms with Crippen LogP contribution < -0.4 is 20.5 Å². The lowest BCUT2D eigenvalue weighted by atomic mass is 10.1. The highest BCUT2D eigenvalue weighted by Crippen LogP contribution is 2.28. The minimum Gasteiger partial charge on any atom is -0.488 e. The number of aryl methyl sites for hydroxylation is 1. The molecule has 0 unspecified atom stereocenters. The number of anilines is 3. The number of pyridine rings is 1. The van der Waals surface area contributed by atoms with E-state index in [0.29, 0.717) is 29.1 Å². The van der Waals surface area contributed by atoms with Crippen molar-refractivity contribution in [2.45, 2.75) is 26.2 Å². The first-order valence-electron chi connectivity index (χ1n) is 9.88. The van der Waals surface area contributed by atoms with Crippen LogP contribution in [0.25, 0.3) is 10.9 Å². The number of nitrogens with zero attached hydrogens (tertiary/aromatic N) is 4. The van der Waals surface area contributed by atoms with Crippen LogP contribution in [-0.2, 0) is 7.05 Å². The van der Waals surface area contributed by atoms with Crippen molar-refractivity contribution in [2.75, 3.05) is 29.9 Å². The second kappa shape index (κ2) is 8.29. The van der Waals surface area contributed by atoms with Gasteiger partial charge in [0, 0.05) is 31.2 Å². The van der Waals surface area contributed by atoms with Crippen molar-refractivity contribution in [3.8, 4) is 5.75 Å². The van der Waals surface area contributed by atoms with Gasteiger partial charge < -0.3 is 19.5 Å². The van der Waals surface area contributed by atoms with Crippen molar-refractivity contribution < 1.29 is 4.74 Å². The molecule has 4 rings (SSSR count). The maximum absolute atomic E-state index is 12.4. The first-order chi connectivity index (χ1) is 14.1. The van der Waals surface area contributed by atoms with Gasteiger partial charge in [0.1, 0.15) is 5.02 Å². The molecule has 1 aliphatic heterocycles. The lowest BCUT2D eigenvalue weighted by Crippen LogP contribution is -2.31. The summed E-state index contributed by atoms with van der Waals surface area (Å²) in [5.41, 5.74) is 1.50. The molecule has 1 aliphatic rings. The first kappa shape index (κ1) is 19.5. The highest BCUT2D eigenvalue weighted by Gasteiger charge is 2.16. The van der Waals surface area contributed by atoms with Gasteiger partial charge in [-0.3, -0.25) is 4.79 Å². The third-order valence-electron chi connectivity index (χ3n) is 5.12. The molecule has 0 bridgehead atoms. The molecule has 3 heterocycles. The van der Waals surface area contributed by atoms with Crippen molar-refractivity contribution in [2.24, 2.45) is 7.05 Å². The Morgan fingerprint density at radius 1 is 1.21 bits per heavy atom. The van der Waals surface area contributed by atoms with Crippen molar-refractivity contribution in [1.82, 2.24) is 14.5 Å². The molecule has 7 nitrogen and oxygen atoms in total. The topological polar surface area (TPSA) is 72.3 Å². The number of piperidine rings is 1.